The Kier molecular flexibility index (Phi) is 35.9. The highest BCUT2D eigenvalue weighted by atomic mass is 16.5. The zero-order chi connectivity index (χ0) is 38.3. The summed E-state index contributed by atoms with van der Waals surface area (Å²) in [5, 5.41) is 20.2. The fourth-order valence-electron chi connectivity index (χ4n) is 5.19. The highest BCUT2D eigenvalue weighted by Gasteiger charge is 2.20. The van der Waals surface area contributed by atoms with Crippen LogP contribution < -0.4 is 21.3 Å². The van der Waals surface area contributed by atoms with Gasteiger partial charge in [-0.15, -0.1) is 0 Å². The molecule has 52 heavy (non-hydrogen) atoms. The molecule has 0 aliphatic heterocycles. The van der Waals surface area contributed by atoms with Crippen LogP contribution in [-0.4, -0.2) is 113 Å². The maximum Gasteiger partial charge on any atom is 0.326 e. The van der Waals surface area contributed by atoms with E-state index in [1.165, 1.54) is 64.2 Å². The van der Waals surface area contributed by atoms with E-state index in [4.69, 9.17) is 18.9 Å². The lowest BCUT2D eigenvalue weighted by Crippen LogP contribution is -2.41. The Bertz CT molecular complexity index is 909. The van der Waals surface area contributed by atoms with Gasteiger partial charge in [0, 0.05) is 32.5 Å². The number of carboxylic acids is 1. The van der Waals surface area contributed by atoms with E-state index in [9.17, 15) is 29.1 Å². The molecule has 0 aliphatic carbocycles. The van der Waals surface area contributed by atoms with Gasteiger partial charge in [-0.25, -0.2) is 4.79 Å². The summed E-state index contributed by atoms with van der Waals surface area (Å²) in [6.45, 7) is 6.98. The largest absolute Gasteiger partial charge is 0.480 e. The van der Waals surface area contributed by atoms with E-state index in [2.05, 4.69) is 35.1 Å². The first kappa shape index (κ1) is 49.2. The van der Waals surface area contributed by atoms with Crippen molar-refractivity contribution in [1.82, 2.24) is 21.3 Å². The monoisotopic (exact) mass is 745 g/mol. The lowest BCUT2D eigenvalue weighted by Gasteiger charge is -2.14. The SMILES string of the molecule is CCCCCCCCCCCCCCCC(=O)NC(CCC(=O)NCCOCCOCC(=O)NCCOCCOCC(=O)NCCCCC)C(=O)O. The van der Waals surface area contributed by atoms with E-state index in [-0.39, 0.29) is 89.1 Å². The van der Waals surface area contributed by atoms with Gasteiger partial charge in [-0.05, 0) is 19.3 Å². The van der Waals surface area contributed by atoms with Gasteiger partial charge in [0.25, 0.3) is 0 Å². The summed E-state index contributed by atoms with van der Waals surface area (Å²) < 4.78 is 21.3. The number of unbranched alkanes of at least 4 members (excludes halogenated alkanes) is 14. The van der Waals surface area contributed by atoms with Crippen LogP contribution in [0.25, 0.3) is 0 Å². The van der Waals surface area contributed by atoms with Gasteiger partial charge >= 0.3 is 5.97 Å². The summed E-state index contributed by atoms with van der Waals surface area (Å²) in [5.41, 5.74) is 0. The van der Waals surface area contributed by atoms with Crippen LogP contribution in [0.5, 0.6) is 0 Å². The summed E-state index contributed by atoms with van der Waals surface area (Å²) >= 11 is 0. The number of nitrogens with one attached hydrogen (secondary N) is 4. The Balaban J connectivity index is 3.66. The third kappa shape index (κ3) is 35.6. The van der Waals surface area contributed by atoms with E-state index in [1.54, 1.807) is 0 Å². The minimum Gasteiger partial charge on any atom is -0.480 e. The topological polar surface area (TPSA) is 191 Å². The molecule has 304 valence electrons. The van der Waals surface area contributed by atoms with Crippen molar-refractivity contribution in [3.63, 3.8) is 0 Å². The van der Waals surface area contributed by atoms with Crippen molar-refractivity contribution in [2.24, 2.45) is 0 Å². The Hall–Kier alpha value is -2.81. The van der Waals surface area contributed by atoms with Crippen molar-refractivity contribution >= 4 is 29.6 Å². The molecule has 14 nitrogen and oxygen atoms in total. The Morgan fingerprint density at radius 3 is 1.38 bits per heavy atom. The van der Waals surface area contributed by atoms with Gasteiger partial charge in [0.05, 0.1) is 39.6 Å². The van der Waals surface area contributed by atoms with Crippen molar-refractivity contribution in [3.05, 3.63) is 0 Å². The highest BCUT2D eigenvalue weighted by Crippen LogP contribution is 2.13. The Labute approximate surface area is 312 Å². The van der Waals surface area contributed by atoms with E-state index in [0.717, 1.165) is 38.5 Å². The molecule has 14 heteroatoms. The average Bonchev–Trinajstić information content (AvgIpc) is 3.12. The van der Waals surface area contributed by atoms with Gasteiger partial charge < -0.3 is 45.3 Å². The zero-order valence-electron chi connectivity index (χ0n) is 32.4. The lowest BCUT2D eigenvalue weighted by molar-refractivity contribution is -0.142. The summed E-state index contributed by atoms with van der Waals surface area (Å²) in [6, 6.07) is -1.11. The van der Waals surface area contributed by atoms with Crippen LogP contribution in [0.3, 0.4) is 0 Å². The third-order valence-corrected chi connectivity index (χ3v) is 8.25. The molecule has 0 saturated heterocycles. The molecular formula is C38H72N4O10. The molecule has 4 amide bonds. The predicted octanol–water partition coefficient (Wildman–Crippen LogP) is 4.42. The maximum absolute atomic E-state index is 12.3. The number of carbonyl (C=O) groups is 5. The van der Waals surface area contributed by atoms with Gasteiger partial charge in [-0.1, -0.05) is 104 Å². The maximum atomic E-state index is 12.3. The van der Waals surface area contributed by atoms with E-state index < -0.39 is 12.0 Å². The molecule has 0 heterocycles. The third-order valence-electron chi connectivity index (χ3n) is 8.25. The second-order valence-electron chi connectivity index (χ2n) is 13.1. The number of carboxylic acid groups (broad SMARTS) is 1. The van der Waals surface area contributed by atoms with Gasteiger partial charge in [-0.3, -0.25) is 19.2 Å². The van der Waals surface area contributed by atoms with Crippen molar-refractivity contribution in [2.75, 3.05) is 72.5 Å². The molecule has 0 spiro atoms. The summed E-state index contributed by atoms with van der Waals surface area (Å²) in [7, 11) is 0. The minimum atomic E-state index is -1.16. The molecule has 0 aromatic heterocycles. The molecule has 0 aromatic carbocycles. The van der Waals surface area contributed by atoms with Gasteiger partial charge in [-0.2, -0.15) is 0 Å². The normalized spacial score (nSPS) is 11.6. The fraction of sp³-hybridized carbons (Fsp3) is 0.868. The minimum absolute atomic E-state index is 0.00147. The summed E-state index contributed by atoms with van der Waals surface area (Å²) in [5.74, 6) is -2.22. The van der Waals surface area contributed by atoms with Crippen molar-refractivity contribution in [3.8, 4) is 0 Å². The van der Waals surface area contributed by atoms with Gasteiger partial charge in [0.2, 0.25) is 23.6 Å². The number of ether oxygens (including phenoxy) is 4. The average molecular weight is 745 g/mol. The first-order chi connectivity index (χ1) is 25.3. The van der Waals surface area contributed by atoms with Crippen molar-refractivity contribution < 1.29 is 48.0 Å². The fourth-order valence-corrected chi connectivity index (χ4v) is 5.19. The highest BCUT2D eigenvalue weighted by molar-refractivity contribution is 5.84. The number of amides is 4. The molecular weight excluding hydrogens is 672 g/mol. The standard InChI is InChI=1S/C38H72N4O10/c1-3-5-7-8-9-10-11-12-13-14-15-16-17-19-35(44)42-33(38(47)48)20-21-34(43)40-23-25-49-27-30-52-32-37(46)41-24-26-50-28-29-51-31-36(45)39-22-18-6-4-2/h33H,3-32H2,1-2H3,(H,39,45)(H,40,43)(H,41,46)(H,42,44)(H,47,48). The smallest absolute Gasteiger partial charge is 0.326 e. The summed E-state index contributed by atoms with van der Waals surface area (Å²) in [6.07, 6.45) is 19.1. The van der Waals surface area contributed by atoms with E-state index in [1.807, 2.05) is 0 Å². The number of hydrogen-bond donors (Lipinski definition) is 5. The van der Waals surface area contributed by atoms with Crippen LogP contribution in [0.15, 0.2) is 0 Å². The molecule has 0 rings (SSSR count). The first-order valence-corrected chi connectivity index (χ1v) is 19.9. The molecule has 5 N–H and O–H groups in total. The second-order valence-corrected chi connectivity index (χ2v) is 13.1. The molecule has 0 radical (unpaired) electrons. The molecule has 0 fully saturated rings. The molecule has 0 aliphatic rings. The second kappa shape index (κ2) is 37.9. The first-order valence-electron chi connectivity index (χ1n) is 19.9. The number of rotatable bonds is 39. The van der Waals surface area contributed by atoms with Crippen molar-refractivity contribution in [1.29, 1.82) is 0 Å². The van der Waals surface area contributed by atoms with Crippen LogP contribution in [0, 0.1) is 0 Å². The summed E-state index contributed by atoms with van der Waals surface area (Å²) in [4.78, 5) is 59.4. The number of hydrogen-bond acceptors (Lipinski definition) is 9. The number of carbonyl (C=O) groups excluding carboxylic acids is 4. The molecule has 0 saturated carbocycles. The number of aliphatic carboxylic acids is 1. The molecule has 1 unspecified atom stereocenters. The zero-order valence-corrected chi connectivity index (χ0v) is 32.4. The Morgan fingerprint density at radius 2 is 0.885 bits per heavy atom. The Morgan fingerprint density at radius 1 is 0.462 bits per heavy atom. The quantitative estimate of drug-likeness (QED) is 0.0564. The van der Waals surface area contributed by atoms with Crippen LogP contribution in [0.2, 0.25) is 0 Å². The van der Waals surface area contributed by atoms with Crippen LogP contribution >= 0.6 is 0 Å². The molecule has 0 bridgehead atoms. The van der Waals surface area contributed by atoms with Crippen LogP contribution in [-0.2, 0) is 42.9 Å². The van der Waals surface area contributed by atoms with Crippen LogP contribution in [0.1, 0.15) is 136 Å². The van der Waals surface area contributed by atoms with Gasteiger partial charge in [0.1, 0.15) is 19.3 Å². The van der Waals surface area contributed by atoms with E-state index >= 15 is 0 Å². The van der Waals surface area contributed by atoms with Crippen molar-refractivity contribution in [2.45, 2.75) is 142 Å². The molecule has 0 aromatic rings. The van der Waals surface area contributed by atoms with E-state index in [0.29, 0.717) is 26.3 Å². The van der Waals surface area contributed by atoms with Gasteiger partial charge in [0.15, 0.2) is 0 Å². The lowest BCUT2D eigenvalue weighted by atomic mass is 10.0. The molecule has 1 atom stereocenters. The predicted molar refractivity (Wildman–Crippen MR) is 201 cm³/mol. The van der Waals surface area contributed by atoms with Crippen LogP contribution in [0.4, 0.5) is 0 Å².